The summed E-state index contributed by atoms with van der Waals surface area (Å²) < 4.78 is 5.70. The Morgan fingerprint density at radius 3 is 2.74 bits per heavy atom. The molecule has 1 atom stereocenters. The Hall–Kier alpha value is -1.51. The van der Waals surface area contributed by atoms with Crippen molar-refractivity contribution in [3.8, 4) is 5.75 Å². The van der Waals surface area contributed by atoms with Gasteiger partial charge in [0.2, 0.25) is 0 Å². The SMILES string of the molecule is CC(C)C(CCOc1ccc2c(c1)CCC2)C(=O)O. The standard InChI is InChI=1S/C16H22O3/c1-11(2)15(16(17)18)8-9-19-14-7-6-12-4-3-5-13(12)10-14/h6-7,10-11,15H,3-5,8-9H2,1-2H3,(H,17,18). The van der Waals surface area contributed by atoms with E-state index in [1.807, 2.05) is 19.9 Å². The van der Waals surface area contributed by atoms with Crippen LogP contribution in [0.2, 0.25) is 0 Å². The summed E-state index contributed by atoms with van der Waals surface area (Å²) in [7, 11) is 0. The van der Waals surface area contributed by atoms with Crippen LogP contribution in [0.5, 0.6) is 5.75 Å². The van der Waals surface area contributed by atoms with E-state index in [-0.39, 0.29) is 11.8 Å². The summed E-state index contributed by atoms with van der Waals surface area (Å²) >= 11 is 0. The molecule has 0 bridgehead atoms. The van der Waals surface area contributed by atoms with Crippen LogP contribution in [0.4, 0.5) is 0 Å². The van der Waals surface area contributed by atoms with Crippen LogP contribution in [0, 0.1) is 11.8 Å². The van der Waals surface area contributed by atoms with Crippen LogP contribution in [-0.2, 0) is 17.6 Å². The predicted molar refractivity (Wildman–Crippen MR) is 74.5 cm³/mol. The van der Waals surface area contributed by atoms with Gasteiger partial charge in [-0.3, -0.25) is 4.79 Å². The van der Waals surface area contributed by atoms with Crippen molar-refractivity contribution in [2.24, 2.45) is 11.8 Å². The number of carbonyl (C=O) groups is 1. The second-order valence-electron chi connectivity index (χ2n) is 5.61. The van der Waals surface area contributed by atoms with E-state index in [9.17, 15) is 4.79 Å². The largest absolute Gasteiger partial charge is 0.494 e. The molecular weight excluding hydrogens is 240 g/mol. The quantitative estimate of drug-likeness (QED) is 0.855. The number of aliphatic carboxylic acids is 1. The van der Waals surface area contributed by atoms with E-state index >= 15 is 0 Å². The van der Waals surface area contributed by atoms with Gasteiger partial charge in [-0.05, 0) is 54.9 Å². The molecule has 1 aliphatic rings. The summed E-state index contributed by atoms with van der Waals surface area (Å²) in [5.74, 6) is -0.0448. The summed E-state index contributed by atoms with van der Waals surface area (Å²) in [6.07, 6.45) is 4.09. The van der Waals surface area contributed by atoms with Crippen LogP contribution >= 0.6 is 0 Å². The van der Waals surface area contributed by atoms with Crippen LogP contribution < -0.4 is 4.74 Å². The number of ether oxygens (including phenoxy) is 1. The molecule has 1 N–H and O–H groups in total. The fourth-order valence-corrected chi connectivity index (χ4v) is 2.68. The number of aryl methyl sites for hydroxylation is 2. The van der Waals surface area contributed by atoms with Gasteiger partial charge < -0.3 is 9.84 Å². The lowest BCUT2D eigenvalue weighted by molar-refractivity contribution is -0.143. The van der Waals surface area contributed by atoms with Gasteiger partial charge >= 0.3 is 5.97 Å². The van der Waals surface area contributed by atoms with Gasteiger partial charge in [0.05, 0.1) is 12.5 Å². The molecule has 0 spiro atoms. The molecule has 104 valence electrons. The molecule has 1 aromatic rings. The highest BCUT2D eigenvalue weighted by molar-refractivity contribution is 5.70. The van der Waals surface area contributed by atoms with Gasteiger partial charge in [-0.15, -0.1) is 0 Å². The van der Waals surface area contributed by atoms with Gasteiger partial charge in [0, 0.05) is 0 Å². The highest BCUT2D eigenvalue weighted by Gasteiger charge is 2.21. The van der Waals surface area contributed by atoms with Crippen LogP contribution in [0.15, 0.2) is 18.2 Å². The number of carboxylic acids is 1. The summed E-state index contributed by atoms with van der Waals surface area (Å²) in [6, 6.07) is 6.23. The van der Waals surface area contributed by atoms with Crippen LogP contribution in [0.25, 0.3) is 0 Å². The summed E-state index contributed by atoms with van der Waals surface area (Å²) in [5, 5.41) is 9.11. The Balaban J connectivity index is 1.87. The van der Waals surface area contributed by atoms with E-state index in [1.165, 1.54) is 24.0 Å². The van der Waals surface area contributed by atoms with Gasteiger partial charge in [0.1, 0.15) is 5.75 Å². The van der Waals surface area contributed by atoms with Crippen LogP contribution in [0.3, 0.4) is 0 Å². The van der Waals surface area contributed by atoms with Crippen molar-refractivity contribution in [2.45, 2.75) is 39.5 Å². The van der Waals surface area contributed by atoms with E-state index in [0.717, 1.165) is 12.2 Å². The molecule has 19 heavy (non-hydrogen) atoms. The third-order valence-corrected chi connectivity index (χ3v) is 3.89. The molecule has 0 aliphatic heterocycles. The minimum Gasteiger partial charge on any atom is -0.494 e. The second kappa shape index (κ2) is 6.09. The van der Waals surface area contributed by atoms with Crippen molar-refractivity contribution in [3.05, 3.63) is 29.3 Å². The molecule has 0 aromatic heterocycles. The summed E-state index contributed by atoms with van der Waals surface area (Å²) in [4.78, 5) is 11.1. The molecule has 1 aromatic carbocycles. The molecule has 0 radical (unpaired) electrons. The minimum absolute atomic E-state index is 0.140. The van der Waals surface area contributed by atoms with Gasteiger partial charge in [0.15, 0.2) is 0 Å². The number of benzene rings is 1. The van der Waals surface area contributed by atoms with Crippen LogP contribution in [0.1, 0.15) is 37.8 Å². The Morgan fingerprint density at radius 2 is 2.05 bits per heavy atom. The third-order valence-electron chi connectivity index (χ3n) is 3.89. The number of carboxylic acid groups (broad SMARTS) is 1. The van der Waals surface area contributed by atoms with Gasteiger partial charge in [-0.2, -0.15) is 0 Å². The van der Waals surface area contributed by atoms with Crippen molar-refractivity contribution in [1.29, 1.82) is 0 Å². The fourth-order valence-electron chi connectivity index (χ4n) is 2.68. The van der Waals surface area contributed by atoms with Crippen molar-refractivity contribution >= 4 is 5.97 Å². The normalized spacial score (nSPS) is 15.3. The highest BCUT2D eigenvalue weighted by atomic mass is 16.5. The van der Waals surface area contributed by atoms with Crippen molar-refractivity contribution in [3.63, 3.8) is 0 Å². The van der Waals surface area contributed by atoms with E-state index in [4.69, 9.17) is 9.84 Å². The zero-order valence-corrected chi connectivity index (χ0v) is 11.7. The first-order chi connectivity index (χ1) is 9.08. The number of fused-ring (bicyclic) bond motifs is 1. The molecule has 1 aliphatic carbocycles. The topological polar surface area (TPSA) is 46.5 Å². The van der Waals surface area contributed by atoms with Crippen molar-refractivity contribution in [1.82, 2.24) is 0 Å². The van der Waals surface area contributed by atoms with Crippen LogP contribution in [-0.4, -0.2) is 17.7 Å². The first-order valence-corrected chi connectivity index (χ1v) is 7.05. The first kappa shape index (κ1) is 13.9. The van der Waals surface area contributed by atoms with Crippen molar-refractivity contribution in [2.75, 3.05) is 6.61 Å². The Morgan fingerprint density at radius 1 is 1.32 bits per heavy atom. The second-order valence-corrected chi connectivity index (χ2v) is 5.61. The predicted octanol–water partition coefficient (Wildman–Crippen LogP) is 3.30. The van der Waals surface area contributed by atoms with E-state index < -0.39 is 5.97 Å². The monoisotopic (exact) mass is 262 g/mol. The number of hydrogen-bond acceptors (Lipinski definition) is 2. The highest BCUT2D eigenvalue weighted by Crippen LogP contribution is 2.26. The fraction of sp³-hybridized carbons (Fsp3) is 0.562. The molecule has 3 nitrogen and oxygen atoms in total. The molecule has 0 heterocycles. The zero-order chi connectivity index (χ0) is 13.8. The van der Waals surface area contributed by atoms with E-state index in [2.05, 4.69) is 12.1 Å². The average molecular weight is 262 g/mol. The molecule has 2 rings (SSSR count). The number of hydrogen-bond donors (Lipinski definition) is 1. The maximum Gasteiger partial charge on any atom is 0.306 e. The molecule has 0 saturated carbocycles. The Labute approximate surface area is 114 Å². The minimum atomic E-state index is -0.729. The zero-order valence-electron chi connectivity index (χ0n) is 11.7. The van der Waals surface area contributed by atoms with E-state index in [1.54, 1.807) is 0 Å². The number of rotatable bonds is 6. The molecular formula is C16H22O3. The Bertz CT molecular complexity index is 451. The lowest BCUT2D eigenvalue weighted by Crippen LogP contribution is -2.22. The Kier molecular flexibility index (Phi) is 4.46. The molecule has 0 amide bonds. The summed E-state index contributed by atoms with van der Waals surface area (Å²) in [6.45, 7) is 4.34. The maximum atomic E-state index is 11.1. The summed E-state index contributed by atoms with van der Waals surface area (Å²) in [5.41, 5.74) is 2.81. The molecule has 0 fully saturated rings. The lowest BCUT2D eigenvalue weighted by atomic mass is 9.93. The smallest absolute Gasteiger partial charge is 0.306 e. The van der Waals surface area contributed by atoms with Gasteiger partial charge in [-0.1, -0.05) is 19.9 Å². The molecule has 0 saturated heterocycles. The molecule has 3 heteroatoms. The van der Waals surface area contributed by atoms with Gasteiger partial charge in [-0.25, -0.2) is 0 Å². The van der Waals surface area contributed by atoms with E-state index in [0.29, 0.717) is 13.0 Å². The first-order valence-electron chi connectivity index (χ1n) is 7.05. The third kappa shape index (κ3) is 3.49. The lowest BCUT2D eigenvalue weighted by Gasteiger charge is -2.16. The maximum absolute atomic E-state index is 11.1. The average Bonchev–Trinajstić information content (AvgIpc) is 2.80. The van der Waals surface area contributed by atoms with Gasteiger partial charge in [0.25, 0.3) is 0 Å². The molecule has 1 unspecified atom stereocenters. The van der Waals surface area contributed by atoms with Crippen molar-refractivity contribution < 1.29 is 14.6 Å².